The lowest BCUT2D eigenvalue weighted by Crippen LogP contribution is -2.43. The fourth-order valence-corrected chi connectivity index (χ4v) is 5.18. The van der Waals surface area contributed by atoms with Crippen LogP contribution in [0.3, 0.4) is 0 Å². The average molecular weight is 336 g/mol. The number of aryl methyl sites for hydroxylation is 1. The molecule has 1 aromatic rings. The predicted molar refractivity (Wildman–Crippen MR) is 84.1 cm³/mol. The molecular formula is C13H24N2O4S2. The van der Waals surface area contributed by atoms with E-state index < -0.39 is 10.0 Å². The van der Waals surface area contributed by atoms with Gasteiger partial charge in [-0.05, 0) is 19.9 Å². The summed E-state index contributed by atoms with van der Waals surface area (Å²) in [6.07, 6.45) is 0. The number of hydrogen-bond acceptors (Lipinski definition) is 6. The van der Waals surface area contributed by atoms with E-state index in [1.807, 2.05) is 6.92 Å². The summed E-state index contributed by atoms with van der Waals surface area (Å²) in [5.41, 5.74) is 5.60. The molecule has 21 heavy (non-hydrogen) atoms. The Kier molecular flexibility index (Phi) is 7.25. The van der Waals surface area contributed by atoms with Gasteiger partial charge >= 0.3 is 0 Å². The first-order chi connectivity index (χ1) is 9.88. The molecule has 1 atom stereocenters. The number of methoxy groups -OCH3 is 2. The zero-order chi connectivity index (χ0) is 16.0. The summed E-state index contributed by atoms with van der Waals surface area (Å²) in [5.74, 6) is 0. The Morgan fingerprint density at radius 1 is 1.38 bits per heavy atom. The predicted octanol–water partition coefficient (Wildman–Crippen LogP) is 1.19. The van der Waals surface area contributed by atoms with Crippen molar-refractivity contribution in [1.29, 1.82) is 0 Å². The van der Waals surface area contributed by atoms with E-state index in [9.17, 15) is 8.42 Å². The number of nitrogens with two attached hydrogens (primary N) is 1. The third-order valence-electron chi connectivity index (χ3n) is 3.13. The third-order valence-corrected chi connectivity index (χ3v) is 6.47. The van der Waals surface area contributed by atoms with Gasteiger partial charge in [-0.1, -0.05) is 0 Å². The van der Waals surface area contributed by atoms with E-state index in [1.54, 1.807) is 27.2 Å². The van der Waals surface area contributed by atoms with Crippen LogP contribution < -0.4 is 5.73 Å². The number of hydrogen-bond donors (Lipinski definition) is 1. The Labute approximate surface area is 130 Å². The second-order valence-electron chi connectivity index (χ2n) is 4.75. The van der Waals surface area contributed by atoms with Crippen molar-refractivity contribution in [1.82, 2.24) is 4.31 Å². The van der Waals surface area contributed by atoms with Crippen LogP contribution in [0, 0.1) is 6.92 Å². The Bertz CT molecular complexity index is 542. The maximum absolute atomic E-state index is 12.9. The van der Waals surface area contributed by atoms with Crippen molar-refractivity contribution in [2.45, 2.75) is 31.3 Å². The van der Waals surface area contributed by atoms with Crippen LogP contribution in [0.15, 0.2) is 11.0 Å². The van der Waals surface area contributed by atoms with Crippen LogP contribution in [-0.2, 0) is 26.0 Å². The minimum Gasteiger partial charge on any atom is -0.383 e. The van der Waals surface area contributed by atoms with Crippen molar-refractivity contribution in [3.8, 4) is 0 Å². The summed E-state index contributed by atoms with van der Waals surface area (Å²) in [6.45, 7) is 4.91. The van der Waals surface area contributed by atoms with Gasteiger partial charge in [0.25, 0.3) is 0 Å². The maximum Gasteiger partial charge on any atom is 0.244 e. The molecule has 0 saturated heterocycles. The highest BCUT2D eigenvalue weighted by Crippen LogP contribution is 2.29. The van der Waals surface area contributed by atoms with Crippen LogP contribution in [0.25, 0.3) is 0 Å². The normalized spacial score (nSPS) is 13.8. The zero-order valence-electron chi connectivity index (χ0n) is 13.0. The molecule has 0 aliphatic heterocycles. The van der Waals surface area contributed by atoms with Gasteiger partial charge in [-0.25, -0.2) is 8.42 Å². The van der Waals surface area contributed by atoms with E-state index >= 15 is 0 Å². The SMILES string of the molecule is COCCN(C(C)COC)S(=O)(=O)c1cc(CN)sc1C. The van der Waals surface area contributed by atoms with Gasteiger partial charge in [0.1, 0.15) is 0 Å². The molecule has 1 aromatic heterocycles. The highest BCUT2D eigenvalue weighted by atomic mass is 32.2. The monoisotopic (exact) mass is 336 g/mol. The quantitative estimate of drug-likeness (QED) is 0.732. The molecule has 0 saturated carbocycles. The molecule has 0 bridgehead atoms. The molecule has 0 aromatic carbocycles. The lowest BCUT2D eigenvalue weighted by Gasteiger charge is -2.27. The highest BCUT2D eigenvalue weighted by Gasteiger charge is 2.31. The summed E-state index contributed by atoms with van der Waals surface area (Å²) in [4.78, 5) is 1.94. The van der Waals surface area contributed by atoms with Crippen molar-refractivity contribution in [2.75, 3.05) is 34.0 Å². The van der Waals surface area contributed by atoms with Gasteiger partial charge in [0, 0.05) is 43.1 Å². The molecule has 0 aliphatic rings. The molecule has 0 aliphatic carbocycles. The fraction of sp³-hybridized carbons (Fsp3) is 0.692. The summed E-state index contributed by atoms with van der Waals surface area (Å²) < 4.78 is 37.3. The van der Waals surface area contributed by atoms with Crippen molar-refractivity contribution in [3.63, 3.8) is 0 Å². The van der Waals surface area contributed by atoms with Crippen molar-refractivity contribution in [2.24, 2.45) is 5.73 Å². The van der Waals surface area contributed by atoms with Crippen molar-refractivity contribution in [3.05, 3.63) is 15.8 Å². The van der Waals surface area contributed by atoms with Gasteiger partial charge in [0.2, 0.25) is 10.0 Å². The molecule has 0 radical (unpaired) electrons. The smallest absolute Gasteiger partial charge is 0.244 e. The van der Waals surface area contributed by atoms with Crippen LogP contribution >= 0.6 is 11.3 Å². The largest absolute Gasteiger partial charge is 0.383 e. The first-order valence-corrected chi connectivity index (χ1v) is 8.93. The van der Waals surface area contributed by atoms with Crippen molar-refractivity contribution < 1.29 is 17.9 Å². The number of sulfonamides is 1. The lowest BCUT2D eigenvalue weighted by molar-refractivity contribution is 0.119. The summed E-state index contributed by atoms with van der Waals surface area (Å²) in [7, 11) is -0.481. The molecule has 1 unspecified atom stereocenters. The van der Waals surface area contributed by atoms with Crippen LogP contribution in [0.2, 0.25) is 0 Å². The third kappa shape index (κ3) is 4.48. The fourth-order valence-electron chi connectivity index (χ4n) is 2.09. The van der Waals surface area contributed by atoms with Gasteiger partial charge in [-0.15, -0.1) is 11.3 Å². The van der Waals surface area contributed by atoms with Gasteiger partial charge in [0.05, 0.1) is 18.1 Å². The van der Waals surface area contributed by atoms with Gasteiger partial charge in [0.15, 0.2) is 0 Å². The Morgan fingerprint density at radius 2 is 2.05 bits per heavy atom. The first kappa shape index (κ1) is 18.5. The van der Waals surface area contributed by atoms with E-state index in [4.69, 9.17) is 15.2 Å². The van der Waals surface area contributed by atoms with Gasteiger partial charge in [-0.3, -0.25) is 0 Å². The van der Waals surface area contributed by atoms with Crippen molar-refractivity contribution >= 4 is 21.4 Å². The molecule has 122 valence electrons. The van der Waals surface area contributed by atoms with Gasteiger partial charge in [-0.2, -0.15) is 4.31 Å². The second-order valence-corrected chi connectivity index (χ2v) is 7.95. The molecule has 6 nitrogen and oxygen atoms in total. The Morgan fingerprint density at radius 3 is 2.52 bits per heavy atom. The zero-order valence-corrected chi connectivity index (χ0v) is 14.6. The lowest BCUT2D eigenvalue weighted by atomic mass is 10.3. The van der Waals surface area contributed by atoms with E-state index in [0.29, 0.717) is 24.7 Å². The topological polar surface area (TPSA) is 81.9 Å². The van der Waals surface area contributed by atoms with Crippen LogP contribution in [0.4, 0.5) is 0 Å². The van der Waals surface area contributed by atoms with Crippen LogP contribution in [0.5, 0.6) is 0 Å². The second kappa shape index (κ2) is 8.21. The molecule has 2 N–H and O–H groups in total. The van der Waals surface area contributed by atoms with E-state index in [0.717, 1.165) is 9.75 Å². The molecule has 1 rings (SSSR count). The maximum atomic E-state index is 12.9. The number of rotatable bonds is 9. The van der Waals surface area contributed by atoms with Crippen LogP contribution in [-0.4, -0.2) is 52.7 Å². The molecule has 1 heterocycles. The summed E-state index contributed by atoms with van der Waals surface area (Å²) in [5, 5.41) is 0. The van der Waals surface area contributed by atoms with E-state index in [1.165, 1.54) is 15.6 Å². The molecule has 0 fully saturated rings. The van der Waals surface area contributed by atoms with Gasteiger partial charge < -0.3 is 15.2 Å². The van der Waals surface area contributed by atoms with E-state index in [-0.39, 0.29) is 12.6 Å². The number of ether oxygens (including phenoxy) is 2. The standard InChI is InChI=1S/C13H24N2O4S2/c1-10(9-19-4)15(5-6-18-3)21(16,17)13-7-12(8-14)20-11(13)2/h7,10H,5-6,8-9,14H2,1-4H3. The minimum absolute atomic E-state index is 0.268. The summed E-state index contributed by atoms with van der Waals surface area (Å²) in [6, 6.07) is 1.39. The van der Waals surface area contributed by atoms with Crippen LogP contribution in [0.1, 0.15) is 16.7 Å². The molecule has 0 spiro atoms. The Hall–Kier alpha value is -0.510. The molecular weight excluding hydrogens is 312 g/mol. The molecule has 8 heteroatoms. The minimum atomic E-state index is -3.59. The summed E-state index contributed by atoms with van der Waals surface area (Å²) >= 11 is 1.41. The van der Waals surface area contributed by atoms with E-state index in [2.05, 4.69) is 0 Å². The number of nitrogens with zero attached hydrogens (tertiary/aromatic N) is 1. The highest BCUT2D eigenvalue weighted by molar-refractivity contribution is 7.89. The average Bonchev–Trinajstić information content (AvgIpc) is 2.81. The molecule has 0 amide bonds. The number of thiophene rings is 1. The Balaban J connectivity index is 3.15. The first-order valence-electron chi connectivity index (χ1n) is 6.67.